The molecule has 0 N–H and O–H groups in total. The van der Waals surface area contributed by atoms with Gasteiger partial charge in [0.1, 0.15) is 0 Å². The maximum Gasteiger partial charge on any atom is -0.00201 e. The molecule has 13 aromatic rings. The molecule has 0 heterocycles. The van der Waals surface area contributed by atoms with Gasteiger partial charge < -0.3 is 0 Å². The van der Waals surface area contributed by atoms with Crippen LogP contribution >= 0.6 is 0 Å². The fourth-order valence-corrected chi connectivity index (χ4v) is 10.9. The SMILES string of the molecule is c1ccc(-c2ccc3c(c2)c(-c2ccccc2)c(-c2ccccc2)c2cc(-c4ccc5c(c4)c(-c4ccccc4)c(-c4ccccc4)c4cc(-c6cccc7ccccc67)ccc45)ccc23)cc1. The molecule has 0 aromatic heterocycles. The number of fused-ring (bicyclic) bond motifs is 7. The maximum absolute atomic E-state index is 2.46. The lowest BCUT2D eigenvalue weighted by atomic mass is 9.82. The van der Waals surface area contributed by atoms with E-state index in [4.69, 9.17) is 0 Å². The van der Waals surface area contributed by atoms with Gasteiger partial charge in [-0.1, -0.05) is 243 Å². The van der Waals surface area contributed by atoms with Crippen molar-refractivity contribution < 1.29 is 0 Å². The average Bonchev–Trinajstić information content (AvgIpc) is 3.42. The maximum atomic E-state index is 2.46. The number of hydrogen-bond acceptors (Lipinski definition) is 0. The highest BCUT2D eigenvalue weighted by Gasteiger charge is 2.22. The quantitative estimate of drug-likeness (QED) is 0.140. The summed E-state index contributed by atoms with van der Waals surface area (Å²) in [5.74, 6) is 0. The molecule has 13 aromatic carbocycles. The Bertz CT molecular complexity index is 4020. The van der Waals surface area contributed by atoms with Crippen molar-refractivity contribution in [2.45, 2.75) is 0 Å². The Morgan fingerprint density at radius 3 is 0.838 bits per heavy atom. The van der Waals surface area contributed by atoms with Gasteiger partial charge in [0.2, 0.25) is 0 Å². The number of benzene rings is 13. The summed E-state index contributed by atoms with van der Waals surface area (Å²) in [5, 5.41) is 12.4. The van der Waals surface area contributed by atoms with Crippen LogP contribution in [0.1, 0.15) is 0 Å². The van der Waals surface area contributed by atoms with Crippen LogP contribution in [0.25, 0.3) is 132 Å². The third kappa shape index (κ3) is 6.69. The summed E-state index contributed by atoms with van der Waals surface area (Å²) in [5.41, 5.74) is 17.0. The second-order valence-corrected chi connectivity index (χ2v) is 17.9. The van der Waals surface area contributed by atoms with Crippen molar-refractivity contribution in [2.75, 3.05) is 0 Å². The lowest BCUT2D eigenvalue weighted by Gasteiger charge is -2.21. The van der Waals surface area contributed by atoms with Crippen LogP contribution in [0.15, 0.2) is 267 Å². The Kier molecular flexibility index (Phi) is 9.62. The summed E-state index contributed by atoms with van der Waals surface area (Å²) in [6.45, 7) is 0. The highest BCUT2D eigenvalue weighted by molar-refractivity contribution is 6.25. The first-order chi connectivity index (χ1) is 33.7. The molecule has 0 heteroatoms. The Hall–Kier alpha value is -8.84. The van der Waals surface area contributed by atoms with Crippen molar-refractivity contribution in [3.8, 4) is 77.9 Å². The van der Waals surface area contributed by atoms with Crippen molar-refractivity contribution >= 4 is 53.9 Å². The highest BCUT2D eigenvalue weighted by atomic mass is 14.2. The van der Waals surface area contributed by atoms with Gasteiger partial charge in [0.05, 0.1) is 0 Å². The molecule has 0 saturated heterocycles. The Morgan fingerprint density at radius 2 is 0.441 bits per heavy atom. The van der Waals surface area contributed by atoms with Crippen LogP contribution < -0.4 is 0 Å². The lowest BCUT2D eigenvalue weighted by Crippen LogP contribution is -1.94. The summed E-state index contributed by atoms with van der Waals surface area (Å²) in [6, 6.07) is 98.5. The molecule has 0 saturated carbocycles. The van der Waals surface area contributed by atoms with Gasteiger partial charge in [-0.15, -0.1) is 0 Å². The smallest absolute Gasteiger partial charge is 0.00201 e. The summed E-state index contributed by atoms with van der Waals surface area (Å²) in [4.78, 5) is 0. The third-order valence-electron chi connectivity index (χ3n) is 14.0. The molecule has 0 aliphatic carbocycles. The normalized spacial score (nSPS) is 11.5. The Labute approximate surface area is 396 Å². The molecule has 0 radical (unpaired) electrons. The minimum absolute atomic E-state index is 1.18. The molecular weight excluding hydrogens is 817 g/mol. The molecule has 0 aliphatic rings. The van der Waals surface area contributed by atoms with E-state index < -0.39 is 0 Å². The predicted octanol–water partition coefficient (Wildman–Crippen LogP) is 19.1. The van der Waals surface area contributed by atoms with Crippen molar-refractivity contribution in [3.63, 3.8) is 0 Å². The Balaban J connectivity index is 1.10. The number of rotatable bonds is 7. The molecule has 0 nitrogen and oxygen atoms in total. The lowest BCUT2D eigenvalue weighted by molar-refractivity contribution is 1.61. The van der Waals surface area contributed by atoms with E-state index in [1.165, 1.54) is 132 Å². The van der Waals surface area contributed by atoms with Gasteiger partial charge in [-0.2, -0.15) is 0 Å². The third-order valence-corrected chi connectivity index (χ3v) is 14.0. The average molecular weight is 861 g/mol. The monoisotopic (exact) mass is 860 g/mol. The molecule has 0 amide bonds. The zero-order chi connectivity index (χ0) is 45.0. The second-order valence-electron chi connectivity index (χ2n) is 17.9. The van der Waals surface area contributed by atoms with Gasteiger partial charge in [-0.05, 0) is 156 Å². The van der Waals surface area contributed by atoms with Crippen LogP contribution in [0.5, 0.6) is 0 Å². The summed E-state index contributed by atoms with van der Waals surface area (Å²) < 4.78 is 0. The van der Waals surface area contributed by atoms with Crippen LogP contribution in [0.3, 0.4) is 0 Å². The molecule has 68 heavy (non-hydrogen) atoms. The Morgan fingerprint density at radius 1 is 0.147 bits per heavy atom. The highest BCUT2D eigenvalue weighted by Crippen LogP contribution is 2.49. The molecule has 0 unspecified atom stereocenters. The van der Waals surface area contributed by atoms with Crippen LogP contribution in [-0.2, 0) is 0 Å². The van der Waals surface area contributed by atoms with Gasteiger partial charge in [0, 0.05) is 0 Å². The van der Waals surface area contributed by atoms with Gasteiger partial charge in [-0.3, -0.25) is 0 Å². The molecule has 0 bridgehead atoms. The number of hydrogen-bond donors (Lipinski definition) is 0. The largest absolute Gasteiger partial charge is 0.0622 e. The van der Waals surface area contributed by atoms with E-state index in [0.29, 0.717) is 0 Å². The predicted molar refractivity (Wildman–Crippen MR) is 292 cm³/mol. The van der Waals surface area contributed by atoms with E-state index in [1.807, 2.05) is 0 Å². The van der Waals surface area contributed by atoms with E-state index in [-0.39, 0.29) is 0 Å². The second kappa shape index (κ2) is 16.5. The summed E-state index contributed by atoms with van der Waals surface area (Å²) >= 11 is 0. The summed E-state index contributed by atoms with van der Waals surface area (Å²) in [7, 11) is 0. The fourth-order valence-electron chi connectivity index (χ4n) is 10.9. The van der Waals surface area contributed by atoms with Gasteiger partial charge in [0.15, 0.2) is 0 Å². The molecular formula is C68H44. The van der Waals surface area contributed by atoms with Crippen molar-refractivity contribution in [2.24, 2.45) is 0 Å². The van der Waals surface area contributed by atoms with Gasteiger partial charge >= 0.3 is 0 Å². The van der Waals surface area contributed by atoms with Crippen molar-refractivity contribution in [3.05, 3.63) is 267 Å². The van der Waals surface area contributed by atoms with E-state index in [9.17, 15) is 0 Å². The molecule has 13 rings (SSSR count). The summed E-state index contributed by atoms with van der Waals surface area (Å²) in [6.07, 6.45) is 0. The van der Waals surface area contributed by atoms with Crippen LogP contribution in [0.2, 0.25) is 0 Å². The van der Waals surface area contributed by atoms with E-state index >= 15 is 0 Å². The topological polar surface area (TPSA) is 0 Å². The van der Waals surface area contributed by atoms with Gasteiger partial charge in [-0.25, -0.2) is 0 Å². The van der Waals surface area contributed by atoms with Crippen LogP contribution in [-0.4, -0.2) is 0 Å². The minimum atomic E-state index is 1.18. The zero-order valence-corrected chi connectivity index (χ0v) is 37.4. The minimum Gasteiger partial charge on any atom is -0.0622 e. The van der Waals surface area contributed by atoms with E-state index in [1.54, 1.807) is 0 Å². The van der Waals surface area contributed by atoms with E-state index in [2.05, 4.69) is 267 Å². The van der Waals surface area contributed by atoms with Crippen LogP contribution in [0.4, 0.5) is 0 Å². The van der Waals surface area contributed by atoms with Gasteiger partial charge in [0.25, 0.3) is 0 Å². The first kappa shape index (κ1) is 39.5. The van der Waals surface area contributed by atoms with Crippen LogP contribution in [0, 0.1) is 0 Å². The molecule has 0 atom stereocenters. The molecule has 316 valence electrons. The fraction of sp³-hybridized carbons (Fsp3) is 0. The van der Waals surface area contributed by atoms with Crippen molar-refractivity contribution in [1.82, 2.24) is 0 Å². The van der Waals surface area contributed by atoms with Crippen molar-refractivity contribution in [1.29, 1.82) is 0 Å². The first-order valence-electron chi connectivity index (χ1n) is 23.6. The molecule has 0 aliphatic heterocycles. The first-order valence-corrected chi connectivity index (χ1v) is 23.6. The molecule has 0 fully saturated rings. The molecule has 0 spiro atoms. The standard InChI is InChI=1S/C68H44/c1-6-19-45(20-7-1)51-33-37-57-58-38-34-52(42-62(58)66(48-24-10-3-11-25-48)65(61(57)41-51)47-22-8-2-9-23-47)53-35-39-59-60-40-36-54(56-32-18-30-46-21-16-17-31-55(46)56)44-64(60)68(50-28-14-5-15-29-50)67(63(59)43-53)49-26-12-4-13-27-49/h1-44H. The zero-order valence-electron chi connectivity index (χ0n) is 37.4. The van der Waals surface area contributed by atoms with E-state index in [0.717, 1.165) is 0 Å².